The molecule has 0 atom stereocenters. The molecule has 9 nitrogen and oxygen atoms in total. The van der Waals surface area contributed by atoms with E-state index in [1.165, 1.54) is 7.11 Å². The van der Waals surface area contributed by atoms with Crippen LogP contribution in [0.5, 0.6) is 0 Å². The molecule has 3 aromatic heterocycles. The number of fused-ring (bicyclic) bond motifs is 1. The molecule has 0 saturated heterocycles. The number of carbonyl (C=O) groups is 1. The summed E-state index contributed by atoms with van der Waals surface area (Å²) in [4.78, 5) is 40.0. The number of hydrogen-bond acceptors (Lipinski definition) is 7. The van der Waals surface area contributed by atoms with E-state index in [1.807, 2.05) is 32.0 Å². The van der Waals surface area contributed by atoms with Crippen LogP contribution in [0.2, 0.25) is 0 Å². The van der Waals surface area contributed by atoms with E-state index in [9.17, 15) is 9.59 Å². The summed E-state index contributed by atoms with van der Waals surface area (Å²) in [5.74, 6) is 0.203. The Morgan fingerprint density at radius 3 is 2.62 bits per heavy atom. The van der Waals surface area contributed by atoms with Crippen molar-refractivity contribution in [3.05, 3.63) is 69.9 Å². The van der Waals surface area contributed by atoms with Crippen molar-refractivity contribution in [2.24, 2.45) is 7.05 Å². The summed E-state index contributed by atoms with van der Waals surface area (Å²) in [5, 5.41) is 12.7. The highest BCUT2D eigenvalue weighted by atomic mass is 16.6. The molecule has 0 spiro atoms. The fraction of sp³-hybridized carbons (Fsp3) is 0.280. The maximum Gasteiger partial charge on any atom is 0.292 e. The minimum atomic E-state index is -0.312. The number of anilines is 2. The van der Waals surface area contributed by atoms with Gasteiger partial charge in [0.15, 0.2) is 11.4 Å². The predicted octanol–water partition coefficient (Wildman–Crippen LogP) is 3.17. The molecule has 9 heteroatoms. The summed E-state index contributed by atoms with van der Waals surface area (Å²) in [6.45, 7) is 3.91. The van der Waals surface area contributed by atoms with E-state index >= 15 is 0 Å². The molecule has 0 unspecified atom stereocenters. The van der Waals surface area contributed by atoms with Crippen molar-refractivity contribution in [2.75, 3.05) is 19.0 Å². The van der Waals surface area contributed by atoms with E-state index in [-0.39, 0.29) is 30.3 Å². The number of hydrogen-bond donors (Lipinski definition) is 2. The molecule has 0 amide bonds. The first-order valence-corrected chi connectivity index (χ1v) is 11.0. The molecule has 1 aromatic carbocycles. The van der Waals surface area contributed by atoms with Gasteiger partial charge in [0.25, 0.3) is 5.56 Å². The molecule has 0 aliphatic carbocycles. The van der Waals surface area contributed by atoms with Crippen LogP contribution < -0.4 is 15.7 Å². The molecule has 3 heterocycles. The average molecular weight is 462 g/mol. The Bertz CT molecular complexity index is 1420. The summed E-state index contributed by atoms with van der Waals surface area (Å²) in [5.41, 5.74) is 4.53. The van der Waals surface area contributed by atoms with Crippen LogP contribution >= 0.6 is 0 Å². The van der Waals surface area contributed by atoms with Gasteiger partial charge in [-0.2, -0.15) is 4.98 Å². The second-order valence-corrected chi connectivity index (χ2v) is 8.18. The summed E-state index contributed by atoms with van der Waals surface area (Å²) in [6.07, 6.45) is 4.07. The molecule has 0 bridgehead atoms. The first-order chi connectivity index (χ1) is 16.3. The maximum absolute atomic E-state index is 13.3. The Kier molecular flexibility index (Phi) is 6.47. The molecule has 176 valence electrons. The molecule has 0 fully saturated rings. The number of benzene rings is 1. The fourth-order valence-electron chi connectivity index (χ4n) is 4.12. The number of ketones is 1. The number of pyridine rings is 1. The first-order valence-electron chi connectivity index (χ1n) is 11.0. The Morgan fingerprint density at radius 1 is 1.21 bits per heavy atom. The van der Waals surface area contributed by atoms with Crippen molar-refractivity contribution >= 4 is 28.5 Å². The van der Waals surface area contributed by atoms with Crippen LogP contribution in [-0.4, -0.2) is 43.9 Å². The summed E-state index contributed by atoms with van der Waals surface area (Å²) < 4.78 is 2.88. The van der Waals surface area contributed by atoms with E-state index < -0.39 is 0 Å². The summed E-state index contributed by atoms with van der Waals surface area (Å²) >= 11 is 0. The average Bonchev–Trinajstić information content (AvgIpc) is 3.17. The lowest BCUT2D eigenvalue weighted by Gasteiger charge is -2.14. The largest absolute Gasteiger partial charge is 0.412 e. The zero-order valence-electron chi connectivity index (χ0n) is 19.6. The van der Waals surface area contributed by atoms with Gasteiger partial charge in [-0.3, -0.25) is 9.59 Å². The van der Waals surface area contributed by atoms with Crippen LogP contribution in [0.1, 0.15) is 34.5 Å². The molecule has 4 rings (SSSR count). The van der Waals surface area contributed by atoms with Crippen LogP contribution in [0.25, 0.3) is 22.2 Å². The minimum Gasteiger partial charge on any atom is -0.412 e. The zero-order valence-corrected chi connectivity index (χ0v) is 19.6. The van der Waals surface area contributed by atoms with Gasteiger partial charge in [0.2, 0.25) is 5.95 Å². The van der Waals surface area contributed by atoms with E-state index in [1.54, 1.807) is 36.1 Å². The normalized spacial score (nSPS) is 11.1. The van der Waals surface area contributed by atoms with Gasteiger partial charge in [-0.15, -0.1) is 4.73 Å². The van der Waals surface area contributed by atoms with Gasteiger partial charge in [-0.1, -0.05) is 18.2 Å². The number of aromatic nitrogens is 4. The number of Topliss-reactive ketones (excluding diaryl/α,β-unsaturated/α-hetero) is 1. The van der Waals surface area contributed by atoms with Gasteiger partial charge in [0, 0.05) is 37.9 Å². The van der Waals surface area contributed by atoms with Gasteiger partial charge in [-0.25, -0.2) is 4.98 Å². The van der Waals surface area contributed by atoms with Gasteiger partial charge < -0.3 is 19.8 Å². The molecular weight excluding hydrogens is 434 g/mol. The Hall–Kier alpha value is -3.98. The highest BCUT2D eigenvalue weighted by molar-refractivity contribution is 5.96. The molecule has 34 heavy (non-hydrogen) atoms. The lowest BCUT2D eigenvalue weighted by Crippen LogP contribution is -2.27. The molecule has 0 radical (unpaired) electrons. The molecular formula is C25H27N5O4. The van der Waals surface area contributed by atoms with Crippen molar-refractivity contribution < 1.29 is 14.7 Å². The molecule has 0 aliphatic heterocycles. The van der Waals surface area contributed by atoms with Gasteiger partial charge >= 0.3 is 0 Å². The quantitative estimate of drug-likeness (QED) is 0.388. The third kappa shape index (κ3) is 4.29. The van der Waals surface area contributed by atoms with Crippen LogP contribution in [0, 0.1) is 13.8 Å². The number of nitrogens with zero attached hydrogens (tertiary/aromatic N) is 4. The third-order valence-corrected chi connectivity index (χ3v) is 5.74. The Balaban J connectivity index is 1.73. The van der Waals surface area contributed by atoms with Gasteiger partial charge in [-0.05, 0) is 49.1 Å². The number of aryl methyl sites for hydroxylation is 3. The number of rotatable bonds is 8. The van der Waals surface area contributed by atoms with Crippen LogP contribution in [0.4, 0.5) is 11.6 Å². The van der Waals surface area contributed by atoms with Crippen molar-refractivity contribution in [3.8, 4) is 11.1 Å². The van der Waals surface area contributed by atoms with Crippen LogP contribution in [0.3, 0.4) is 0 Å². The van der Waals surface area contributed by atoms with Gasteiger partial charge in [0.1, 0.15) is 7.11 Å². The van der Waals surface area contributed by atoms with Crippen LogP contribution in [-0.2, 0) is 7.05 Å². The van der Waals surface area contributed by atoms with E-state index in [0.717, 1.165) is 21.4 Å². The predicted molar refractivity (Wildman–Crippen MR) is 131 cm³/mol. The topological polar surface area (TPSA) is 111 Å². The van der Waals surface area contributed by atoms with Crippen molar-refractivity contribution in [1.82, 2.24) is 19.3 Å². The molecule has 4 aromatic rings. The van der Waals surface area contributed by atoms with E-state index in [0.29, 0.717) is 34.4 Å². The Morgan fingerprint density at radius 2 is 1.94 bits per heavy atom. The monoisotopic (exact) mass is 461 g/mol. The fourth-order valence-corrected chi connectivity index (χ4v) is 4.12. The summed E-state index contributed by atoms with van der Waals surface area (Å²) in [6, 6.07) is 9.39. The first kappa shape index (κ1) is 23.2. The third-order valence-electron chi connectivity index (χ3n) is 5.74. The van der Waals surface area contributed by atoms with Crippen LogP contribution in [0.15, 0.2) is 47.5 Å². The van der Waals surface area contributed by atoms with Crippen molar-refractivity contribution in [2.45, 2.75) is 26.7 Å². The molecule has 2 N–H and O–H groups in total. The lowest BCUT2D eigenvalue weighted by atomic mass is 9.96. The van der Waals surface area contributed by atoms with E-state index in [2.05, 4.69) is 15.3 Å². The van der Waals surface area contributed by atoms with Crippen molar-refractivity contribution in [3.63, 3.8) is 0 Å². The smallest absolute Gasteiger partial charge is 0.292 e. The number of aliphatic hydroxyl groups excluding tert-OH is 1. The SMILES string of the molecule is COn1c(=O)c(-c2c(C)cccc2C)cc2cnc(Nc3cc(C(=O)CCCO)n(C)c3)nc21. The molecule has 0 aliphatic rings. The van der Waals surface area contributed by atoms with Crippen molar-refractivity contribution in [1.29, 1.82) is 0 Å². The highest BCUT2D eigenvalue weighted by Crippen LogP contribution is 2.27. The number of nitrogens with one attached hydrogen (secondary N) is 1. The zero-order chi connectivity index (χ0) is 24.4. The standard InChI is InChI=1S/C25H27N5O4/c1-15-7-5-8-16(2)22(15)19-11-17-13-26-25(28-23(17)30(34-4)24(19)33)27-18-12-20(29(3)14-18)21(32)9-6-10-31/h5,7-8,11-14,31H,6,9-10H2,1-4H3,(H,26,27,28). The number of carbonyl (C=O) groups excluding carboxylic acids is 1. The maximum atomic E-state index is 13.3. The summed E-state index contributed by atoms with van der Waals surface area (Å²) in [7, 11) is 3.20. The van der Waals surface area contributed by atoms with E-state index in [4.69, 9.17) is 9.94 Å². The molecule has 0 saturated carbocycles. The Labute approximate surface area is 196 Å². The highest BCUT2D eigenvalue weighted by Gasteiger charge is 2.17. The lowest BCUT2D eigenvalue weighted by molar-refractivity contribution is 0.0963. The second-order valence-electron chi connectivity index (χ2n) is 8.18. The second kappa shape index (κ2) is 9.48. The number of aliphatic hydroxyl groups is 1. The van der Waals surface area contributed by atoms with Gasteiger partial charge in [0.05, 0.1) is 16.9 Å². The minimum absolute atomic E-state index is 0.0292.